The molecular formula is C12H17NO4. The normalized spacial score (nSPS) is 11.9. The molecule has 0 heterocycles. The molecule has 0 fully saturated rings. The van der Waals surface area contributed by atoms with Crippen molar-refractivity contribution in [2.45, 2.75) is 19.5 Å². The van der Waals surface area contributed by atoms with Crippen molar-refractivity contribution in [3.8, 4) is 5.75 Å². The summed E-state index contributed by atoms with van der Waals surface area (Å²) in [6.45, 7) is 1.72. The Hall–Kier alpha value is -1.75. The fourth-order valence-corrected chi connectivity index (χ4v) is 1.44. The number of methoxy groups -OCH3 is 1. The smallest absolute Gasteiger partial charge is 0.407 e. The van der Waals surface area contributed by atoms with E-state index in [2.05, 4.69) is 0 Å². The molecule has 1 aromatic carbocycles. The molecule has 5 heteroatoms. The van der Waals surface area contributed by atoms with Crippen molar-refractivity contribution >= 4 is 6.09 Å². The second-order valence-electron chi connectivity index (χ2n) is 3.79. The standard InChI is InChI=1S/C12H17NO4/c1-9(8-14)13(12(15)16)7-10-3-5-11(17-2)6-4-10/h3-6,9,14H,7-8H2,1-2H3,(H,15,16). The van der Waals surface area contributed by atoms with Crippen LogP contribution in [0.15, 0.2) is 24.3 Å². The van der Waals surface area contributed by atoms with Crippen LogP contribution in [0.5, 0.6) is 5.75 Å². The number of benzene rings is 1. The highest BCUT2D eigenvalue weighted by Gasteiger charge is 2.18. The third kappa shape index (κ3) is 3.64. The van der Waals surface area contributed by atoms with Gasteiger partial charge in [-0.05, 0) is 24.6 Å². The number of hydrogen-bond donors (Lipinski definition) is 2. The Bertz CT molecular complexity index is 363. The molecule has 0 saturated heterocycles. The summed E-state index contributed by atoms with van der Waals surface area (Å²) in [5, 5.41) is 18.0. The van der Waals surface area contributed by atoms with E-state index in [0.29, 0.717) is 0 Å². The number of aliphatic hydroxyl groups excluding tert-OH is 1. The van der Waals surface area contributed by atoms with Gasteiger partial charge in [-0.2, -0.15) is 0 Å². The average Bonchev–Trinajstić information content (AvgIpc) is 2.35. The number of hydrogen-bond acceptors (Lipinski definition) is 3. The Morgan fingerprint density at radius 1 is 1.41 bits per heavy atom. The molecular weight excluding hydrogens is 222 g/mol. The summed E-state index contributed by atoms with van der Waals surface area (Å²) < 4.78 is 5.02. The molecule has 0 bridgehead atoms. The third-order valence-corrected chi connectivity index (χ3v) is 2.55. The Labute approximate surface area is 100 Å². The maximum Gasteiger partial charge on any atom is 0.407 e. The van der Waals surface area contributed by atoms with Crippen LogP contribution < -0.4 is 4.74 Å². The molecule has 0 aromatic heterocycles. The molecule has 0 aliphatic rings. The number of rotatable bonds is 5. The van der Waals surface area contributed by atoms with Crippen molar-refractivity contribution in [3.05, 3.63) is 29.8 Å². The first kappa shape index (κ1) is 13.3. The Morgan fingerprint density at radius 2 is 2.00 bits per heavy atom. The molecule has 2 N–H and O–H groups in total. The van der Waals surface area contributed by atoms with Crippen molar-refractivity contribution in [1.82, 2.24) is 4.90 Å². The van der Waals surface area contributed by atoms with Gasteiger partial charge >= 0.3 is 6.09 Å². The van der Waals surface area contributed by atoms with Crippen LogP contribution in [0, 0.1) is 0 Å². The maximum absolute atomic E-state index is 11.0. The molecule has 1 rings (SSSR count). The number of carbonyl (C=O) groups is 1. The molecule has 0 radical (unpaired) electrons. The van der Waals surface area contributed by atoms with Gasteiger partial charge < -0.3 is 14.9 Å². The number of aliphatic hydroxyl groups is 1. The van der Waals surface area contributed by atoms with Gasteiger partial charge in [0.2, 0.25) is 0 Å². The molecule has 1 unspecified atom stereocenters. The predicted molar refractivity (Wildman–Crippen MR) is 63.1 cm³/mol. The minimum absolute atomic E-state index is 0.192. The van der Waals surface area contributed by atoms with Gasteiger partial charge in [0.25, 0.3) is 0 Å². The van der Waals surface area contributed by atoms with E-state index in [1.807, 2.05) is 0 Å². The minimum atomic E-state index is -1.04. The summed E-state index contributed by atoms with van der Waals surface area (Å²) in [6, 6.07) is 6.74. The summed E-state index contributed by atoms with van der Waals surface area (Å²) in [5.74, 6) is 0.728. The number of carboxylic acid groups (broad SMARTS) is 1. The first-order valence-corrected chi connectivity index (χ1v) is 5.31. The lowest BCUT2D eigenvalue weighted by molar-refractivity contribution is 0.0999. The highest BCUT2D eigenvalue weighted by Crippen LogP contribution is 2.14. The van der Waals surface area contributed by atoms with Crippen LogP contribution in [0.4, 0.5) is 4.79 Å². The van der Waals surface area contributed by atoms with Gasteiger partial charge in [-0.15, -0.1) is 0 Å². The fourth-order valence-electron chi connectivity index (χ4n) is 1.44. The van der Waals surface area contributed by atoms with E-state index in [-0.39, 0.29) is 13.2 Å². The molecule has 17 heavy (non-hydrogen) atoms. The summed E-state index contributed by atoms with van der Waals surface area (Å²) in [5.41, 5.74) is 0.855. The summed E-state index contributed by atoms with van der Waals surface area (Å²) in [6.07, 6.45) is -1.04. The van der Waals surface area contributed by atoms with Crippen LogP contribution in [-0.4, -0.2) is 41.0 Å². The van der Waals surface area contributed by atoms with Crippen LogP contribution >= 0.6 is 0 Å². The zero-order valence-corrected chi connectivity index (χ0v) is 9.96. The fraction of sp³-hybridized carbons (Fsp3) is 0.417. The molecule has 0 saturated carbocycles. The topological polar surface area (TPSA) is 70.0 Å². The molecule has 5 nitrogen and oxygen atoms in total. The quantitative estimate of drug-likeness (QED) is 0.818. The lowest BCUT2D eigenvalue weighted by Gasteiger charge is -2.24. The largest absolute Gasteiger partial charge is 0.497 e. The zero-order valence-electron chi connectivity index (χ0n) is 9.96. The SMILES string of the molecule is COc1ccc(CN(C(=O)O)C(C)CO)cc1. The lowest BCUT2D eigenvalue weighted by atomic mass is 10.2. The first-order valence-electron chi connectivity index (χ1n) is 5.31. The molecule has 94 valence electrons. The zero-order chi connectivity index (χ0) is 12.8. The Morgan fingerprint density at radius 3 is 2.41 bits per heavy atom. The molecule has 0 aliphatic heterocycles. The predicted octanol–water partition coefficient (Wildman–Crippen LogP) is 1.56. The minimum Gasteiger partial charge on any atom is -0.497 e. The van der Waals surface area contributed by atoms with E-state index in [4.69, 9.17) is 14.9 Å². The second kappa shape index (κ2) is 6.10. The second-order valence-corrected chi connectivity index (χ2v) is 3.79. The summed E-state index contributed by atoms with van der Waals surface area (Å²) >= 11 is 0. The van der Waals surface area contributed by atoms with Gasteiger partial charge in [0.1, 0.15) is 5.75 Å². The Balaban J connectivity index is 2.75. The van der Waals surface area contributed by atoms with Crippen LogP contribution in [0.25, 0.3) is 0 Å². The summed E-state index contributed by atoms with van der Waals surface area (Å²) in [4.78, 5) is 12.2. The van der Waals surface area contributed by atoms with E-state index in [0.717, 1.165) is 11.3 Å². The van der Waals surface area contributed by atoms with Gasteiger partial charge in [0.15, 0.2) is 0 Å². The van der Waals surface area contributed by atoms with E-state index in [1.165, 1.54) is 4.90 Å². The van der Waals surface area contributed by atoms with Gasteiger partial charge in [-0.3, -0.25) is 4.90 Å². The van der Waals surface area contributed by atoms with Crippen molar-refractivity contribution in [1.29, 1.82) is 0 Å². The monoisotopic (exact) mass is 239 g/mol. The van der Waals surface area contributed by atoms with Crippen molar-refractivity contribution < 1.29 is 19.7 Å². The van der Waals surface area contributed by atoms with Gasteiger partial charge in [0, 0.05) is 6.54 Å². The van der Waals surface area contributed by atoms with Gasteiger partial charge in [0.05, 0.1) is 19.8 Å². The van der Waals surface area contributed by atoms with E-state index < -0.39 is 12.1 Å². The van der Waals surface area contributed by atoms with Crippen molar-refractivity contribution in [2.75, 3.05) is 13.7 Å². The van der Waals surface area contributed by atoms with Crippen LogP contribution in [0.1, 0.15) is 12.5 Å². The van der Waals surface area contributed by atoms with Crippen LogP contribution in [-0.2, 0) is 6.54 Å². The molecule has 0 aliphatic carbocycles. The number of nitrogens with zero attached hydrogens (tertiary/aromatic N) is 1. The number of ether oxygens (including phenoxy) is 1. The molecule has 1 atom stereocenters. The maximum atomic E-state index is 11.0. The third-order valence-electron chi connectivity index (χ3n) is 2.55. The first-order chi connectivity index (χ1) is 8.08. The van der Waals surface area contributed by atoms with E-state index in [1.54, 1.807) is 38.3 Å². The van der Waals surface area contributed by atoms with Crippen LogP contribution in [0.2, 0.25) is 0 Å². The van der Waals surface area contributed by atoms with Crippen LogP contribution in [0.3, 0.4) is 0 Å². The molecule has 1 aromatic rings. The summed E-state index contributed by atoms with van der Waals surface area (Å²) in [7, 11) is 1.58. The van der Waals surface area contributed by atoms with Crippen molar-refractivity contribution in [3.63, 3.8) is 0 Å². The van der Waals surface area contributed by atoms with E-state index >= 15 is 0 Å². The highest BCUT2D eigenvalue weighted by atomic mass is 16.5. The number of amides is 1. The van der Waals surface area contributed by atoms with Gasteiger partial charge in [-0.25, -0.2) is 4.79 Å². The molecule has 0 spiro atoms. The lowest BCUT2D eigenvalue weighted by Crippen LogP contribution is -2.39. The van der Waals surface area contributed by atoms with Gasteiger partial charge in [-0.1, -0.05) is 12.1 Å². The highest BCUT2D eigenvalue weighted by molar-refractivity contribution is 5.65. The van der Waals surface area contributed by atoms with E-state index in [9.17, 15) is 4.79 Å². The Kier molecular flexibility index (Phi) is 4.78. The average molecular weight is 239 g/mol. The van der Waals surface area contributed by atoms with Crippen molar-refractivity contribution in [2.24, 2.45) is 0 Å². The molecule has 1 amide bonds.